The maximum Gasteiger partial charge on any atom is 0.231 e. The fourth-order valence-corrected chi connectivity index (χ4v) is 4.68. The molecule has 3 N–H and O–H groups in total. The molecule has 0 aromatic heterocycles. The van der Waals surface area contributed by atoms with Crippen LogP contribution in [-0.2, 0) is 11.3 Å². The van der Waals surface area contributed by atoms with E-state index in [1.165, 1.54) is 5.56 Å². The lowest BCUT2D eigenvalue weighted by molar-refractivity contribution is -0.163. The first kappa shape index (κ1) is 17.0. The van der Waals surface area contributed by atoms with Gasteiger partial charge in [-0.1, -0.05) is 42.5 Å². The molecule has 28 heavy (non-hydrogen) atoms. The SMILES string of the molecule is C[C@@H](O)[C@H]1C(=O)N2Cc3cc(-c4cccc(N)c4)cc(-c4ccccc4)c3[C@H]12. The molecule has 0 saturated carbocycles. The number of carbonyl (C=O) groups is 1. The van der Waals surface area contributed by atoms with E-state index in [9.17, 15) is 9.90 Å². The number of fused-ring (bicyclic) bond motifs is 3. The number of nitrogen functional groups attached to an aromatic ring is 1. The quantitative estimate of drug-likeness (QED) is 0.541. The van der Waals surface area contributed by atoms with Crippen molar-refractivity contribution in [3.8, 4) is 22.3 Å². The number of hydrogen-bond acceptors (Lipinski definition) is 3. The molecular formula is C24H22N2O2. The van der Waals surface area contributed by atoms with E-state index in [0.717, 1.165) is 33.5 Å². The molecule has 0 radical (unpaired) electrons. The van der Waals surface area contributed by atoms with Crippen molar-refractivity contribution in [3.63, 3.8) is 0 Å². The van der Waals surface area contributed by atoms with Crippen molar-refractivity contribution >= 4 is 11.6 Å². The van der Waals surface area contributed by atoms with E-state index in [1.54, 1.807) is 6.92 Å². The molecule has 0 bridgehead atoms. The minimum atomic E-state index is -0.656. The molecule has 0 spiro atoms. The van der Waals surface area contributed by atoms with E-state index in [1.807, 2.05) is 41.3 Å². The standard InChI is InChI=1S/C24H22N2O2/c1-14(27)21-23-22-18(13-26(23)24(21)28)10-17(16-8-5-9-19(25)11-16)12-20(22)15-6-3-2-4-7-15/h2-12,14,21,23,27H,13,25H2,1H3/t14-,21-,23+/m1/s1. The summed E-state index contributed by atoms with van der Waals surface area (Å²) in [6.45, 7) is 2.30. The second kappa shape index (κ2) is 6.21. The van der Waals surface area contributed by atoms with Crippen molar-refractivity contribution in [3.05, 3.63) is 77.9 Å². The molecule has 3 atom stereocenters. The van der Waals surface area contributed by atoms with E-state index in [4.69, 9.17) is 5.73 Å². The summed E-state index contributed by atoms with van der Waals surface area (Å²) in [6.07, 6.45) is -0.656. The predicted molar refractivity (Wildman–Crippen MR) is 110 cm³/mol. The molecule has 3 aromatic rings. The Bertz CT molecular complexity index is 1080. The molecule has 0 unspecified atom stereocenters. The van der Waals surface area contributed by atoms with Crippen molar-refractivity contribution in [1.82, 2.24) is 4.90 Å². The summed E-state index contributed by atoms with van der Waals surface area (Å²) in [4.78, 5) is 14.4. The van der Waals surface area contributed by atoms with Gasteiger partial charge in [0.2, 0.25) is 5.91 Å². The highest BCUT2D eigenvalue weighted by atomic mass is 16.3. The van der Waals surface area contributed by atoms with Gasteiger partial charge in [-0.25, -0.2) is 0 Å². The molecule has 1 fully saturated rings. The van der Waals surface area contributed by atoms with Crippen molar-refractivity contribution in [1.29, 1.82) is 0 Å². The van der Waals surface area contributed by atoms with Gasteiger partial charge in [-0.15, -0.1) is 0 Å². The highest BCUT2D eigenvalue weighted by Gasteiger charge is 2.55. The fourth-order valence-electron chi connectivity index (χ4n) is 4.68. The molecular weight excluding hydrogens is 348 g/mol. The highest BCUT2D eigenvalue weighted by Crippen LogP contribution is 2.53. The summed E-state index contributed by atoms with van der Waals surface area (Å²) in [6, 6.07) is 22.4. The summed E-state index contributed by atoms with van der Waals surface area (Å²) in [5.41, 5.74) is 13.5. The largest absolute Gasteiger partial charge is 0.399 e. The molecule has 2 aliphatic rings. The topological polar surface area (TPSA) is 66.6 Å². The third-order valence-electron chi connectivity index (χ3n) is 5.97. The van der Waals surface area contributed by atoms with E-state index >= 15 is 0 Å². The Kier molecular flexibility index (Phi) is 3.78. The number of β-lactam (4-membered cyclic amide) rings is 1. The fraction of sp³-hybridized carbons (Fsp3) is 0.208. The van der Waals surface area contributed by atoms with Crippen LogP contribution in [0, 0.1) is 5.92 Å². The number of aliphatic hydroxyl groups is 1. The third kappa shape index (κ3) is 2.45. The lowest BCUT2D eigenvalue weighted by Crippen LogP contribution is -2.55. The Morgan fingerprint density at radius 1 is 1.00 bits per heavy atom. The molecule has 2 heterocycles. The highest BCUT2D eigenvalue weighted by molar-refractivity contribution is 5.91. The Balaban J connectivity index is 1.72. The van der Waals surface area contributed by atoms with E-state index in [0.29, 0.717) is 6.54 Å². The van der Waals surface area contributed by atoms with Gasteiger partial charge in [0.1, 0.15) is 0 Å². The molecule has 3 aromatic carbocycles. The van der Waals surface area contributed by atoms with Gasteiger partial charge in [0, 0.05) is 12.2 Å². The zero-order valence-corrected chi connectivity index (χ0v) is 15.7. The number of hydrogen-bond donors (Lipinski definition) is 2. The smallest absolute Gasteiger partial charge is 0.231 e. The van der Waals surface area contributed by atoms with Crippen molar-refractivity contribution in [2.24, 2.45) is 5.92 Å². The van der Waals surface area contributed by atoms with Crippen LogP contribution in [0.25, 0.3) is 22.3 Å². The molecule has 1 amide bonds. The van der Waals surface area contributed by atoms with E-state index in [2.05, 4.69) is 30.3 Å². The van der Waals surface area contributed by atoms with Crippen LogP contribution in [0.4, 0.5) is 5.69 Å². The van der Waals surface area contributed by atoms with E-state index in [-0.39, 0.29) is 17.9 Å². The Labute approximate surface area is 164 Å². The summed E-state index contributed by atoms with van der Waals surface area (Å²) in [5, 5.41) is 10.2. The van der Waals surface area contributed by atoms with Crippen molar-refractivity contribution in [2.45, 2.75) is 25.6 Å². The number of nitrogens with two attached hydrogens (primary N) is 1. The van der Waals surface area contributed by atoms with E-state index < -0.39 is 6.10 Å². The van der Waals surface area contributed by atoms with Crippen LogP contribution in [0.2, 0.25) is 0 Å². The Hall–Kier alpha value is -3.11. The normalized spacial score (nSPS) is 21.1. The lowest BCUT2D eigenvalue weighted by atomic mass is 9.78. The zero-order chi connectivity index (χ0) is 19.4. The zero-order valence-electron chi connectivity index (χ0n) is 15.7. The summed E-state index contributed by atoms with van der Waals surface area (Å²) in [7, 11) is 0. The van der Waals surface area contributed by atoms with Gasteiger partial charge in [-0.3, -0.25) is 4.79 Å². The number of anilines is 1. The van der Waals surface area contributed by atoms with Crippen LogP contribution in [0.3, 0.4) is 0 Å². The average Bonchev–Trinajstić information content (AvgIpc) is 3.02. The first-order valence-corrected chi connectivity index (χ1v) is 9.61. The molecule has 140 valence electrons. The molecule has 2 aliphatic heterocycles. The van der Waals surface area contributed by atoms with Crippen LogP contribution in [-0.4, -0.2) is 22.0 Å². The monoisotopic (exact) mass is 370 g/mol. The molecule has 4 nitrogen and oxygen atoms in total. The maximum absolute atomic E-state index is 12.5. The number of carbonyl (C=O) groups excluding carboxylic acids is 1. The molecule has 1 saturated heterocycles. The number of amides is 1. The molecule has 5 rings (SSSR count). The molecule has 0 aliphatic carbocycles. The van der Waals surface area contributed by atoms with Crippen LogP contribution in [0.1, 0.15) is 24.1 Å². The van der Waals surface area contributed by atoms with Crippen LogP contribution >= 0.6 is 0 Å². The summed E-state index contributed by atoms with van der Waals surface area (Å²) in [5.74, 6) is -0.317. The Morgan fingerprint density at radius 3 is 2.46 bits per heavy atom. The van der Waals surface area contributed by atoms with Crippen LogP contribution < -0.4 is 5.73 Å². The third-order valence-corrected chi connectivity index (χ3v) is 5.97. The minimum absolute atomic E-state index is 0.0423. The number of nitrogens with zero attached hydrogens (tertiary/aromatic N) is 1. The minimum Gasteiger partial charge on any atom is -0.399 e. The second-order valence-corrected chi connectivity index (χ2v) is 7.77. The van der Waals surface area contributed by atoms with Crippen LogP contribution in [0.5, 0.6) is 0 Å². The van der Waals surface area contributed by atoms with Gasteiger partial charge in [-0.2, -0.15) is 0 Å². The first-order valence-electron chi connectivity index (χ1n) is 9.61. The molecule has 4 heteroatoms. The summed E-state index contributed by atoms with van der Waals surface area (Å²) >= 11 is 0. The number of benzene rings is 3. The Morgan fingerprint density at radius 2 is 1.75 bits per heavy atom. The predicted octanol–water partition coefficient (Wildman–Crippen LogP) is 4.00. The summed E-state index contributed by atoms with van der Waals surface area (Å²) < 4.78 is 0. The van der Waals surface area contributed by atoms with Gasteiger partial charge in [0.25, 0.3) is 0 Å². The van der Waals surface area contributed by atoms with Crippen molar-refractivity contribution in [2.75, 3.05) is 5.73 Å². The van der Waals surface area contributed by atoms with Gasteiger partial charge >= 0.3 is 0 Å². The average molecular weight is 370 g/mol. The van der Waals surface area contributed by atoms with Gasteiger partial charge in [0.05, 0.1) is 18.1 Å². The van der Waals surface area contributed by atoms with Gasteiger partial charge < -0.3 is 15.7 Å². The van der Waals surface area contributed by atoms with Gasteiger partial charge in [-0.05, 0) is 64.6 Å². The van der Waals surface area contributed by atoms with Crippen molar-refractivity contribution < 1.29 is 9.90 Å². The first-order chi connectivity index (χ1) is 13.5. The maximum atomic E-state index is 12.5. The van der Waals surface area contributed by atoms with Gasteiger partial charge in [0.15, 0.2) is 0 Å². The van der Waals surface area contributed by atoms with Crippen LogP contribution in [0.15, 0.2) is 66.7 Å². The second-order valence-electron chi connectivity index (χ2n) is 7.77. The number of rotatable bonds is 3. The lowest BCUT2D eigenvalue weighted by Gasteiger charge is -2.44. The number of aliphatic hydroxyl groups excluding tert-OH is 1.